The van der Waals surface area contributed by atoms with E-state index < -0.39 is 7.23 Å². The van der Waals surface area contributed by atoms with Crippen LogP contribution in [-0.4, -0.2) is 18.3 Å². The molecule has 1 atom stereocenters. The average Bonchev–Trinajstić information content (AvgIpc) is 1.61. The summed E-state index contributed by atoms with van der Waals surface area (Å²) in [6.07, 6.45) is 0. The summed E-state index contributed by atoms with van der Waals surface area (Å²) in [6.45, 7) is -0.0136. The summed E-state index contributed by atoms with van der Waals surface area (Å²) in [5.74, 6) is 0. The minimum absolute atomic E-state index is 0.0959. The van der Waals surface area contributed by atoms with Crippen molar-refractivity contribution in [2.45, 2.75) is 0 Å². The lowest BCUT2D eigenvalue weighted by Gasteiger charge is -1.77. The Bertz CT molecular complexity index is 66.0. The first-order chi connectivity index (χ1) is 3.27. The molecule has 0 aliphatic heterocycles. The number of aliphatic hydroxyl groups excluding tert-OH is 1. The largest absolute Gasteiger partial charge is 0.582 e. The molecule has 0 rings (SSSR count). The first-order valence-electron chi connectivity index (χ1n) is 1.67. The van der Waals surface area contributed by atoms with Crippen LogP contribution in [0.2, 0.25) is 0 Å². The summed E-state index contributed by atoms with van der Waals surface area (Å²) in [7, 11) is -1.82. The van der Waals surface area contributed by atoms with Gasteiger partial charge in [0.05, 0.1) is 6.61 Å². The zero-order chi connectivity index (χ0) is 5.70. The molecule has 0 aliphatic rings. The van der Waals surface area contributed by atoms with E-state index in [1.165, 1.54) is 0 Å². The van der Waals surface area contributed by atoms with Crippen LogP contribution in [0.3, 0.4) is 0 Å². The smallest absolute Gasteiger partial charge is 0.394 e. The maximum atomic E-state index is 9.88. The van der Waals surface area contributed by atoms with E-state index in [0.29, 0.717) is 0 Å². The molecule has 0 heterocycles. The van der Waals surface area contributed by atoms with Gasteiger partial charge < -0.3 is 5.11 Å². The topological polar surface area (TPSA) is 46.5 Å². The summed E-state index contributed by atoms with van der Waals surface area (Å²) in [5.41, 5.74) is 0. The van der Waals surface area contributed by atoms with Crippen LogP contribution in [0.5, 0.6) is 0 Å². The van der Waals surface area contributed by atoms with Gasteiger partial charge in [0.2, 0.25) is 0 Å². The van der Waals surface area contributed by atoms with Crippen LogP contribution < -0.4 is 0 Å². The predicted octanol–water partition coefficient (Wildman–Crippen LogP) is 0.583. The minimum atomic E-state index is -1.82. The summed E-state index contributed by atoms with van der Waals surface area (Å²) in [4.78, 5) is 0. The molecule has 42 valence electrons. The van der Waals surface area contributed by atoms with Gasteiger partial charge in [0.15, 0.2) is 0 Å². The lowest BCUT2D eigenvalue weighted by atomic mass is 10.8. The molecular weight excluding hydrogens is 135 g/mol. The highest BCUT2D eigenvalue weighted by atomic mass is 32.7. The van der Waals surface area contributed by atoms with Crippen molar-refractivity contribution in [1.82, 2.24) is 0 Å². The van der Waals surface area contributed by atoms with Crippen molar-refractivity contribution in [1.29, 1.82) is 0 Å². The van der Waals surface area contributed by atoms with E-state index in [1.54, 1.807) is 0 Å². The van der Waals surface area contributed by atoms with Crippen LogP contribution in [0.1, 0.15) is 0 Å². The number of hydrogen-bond acceptors (Lipinski definition) is 3. The van der Waals surface area contributed by atoms with Gasteiger partial charge in [-0.25, -0.2) is 0 Å². The molecule has 0 amide bonds. The van der Waals surface area contributed by atoms with Crippen molar-refractivity contribution in [3.8, 4) is 0 Å². The fourth-order valence-corrected chi connectivity index (χ4v) is 0.602. The van der Waals surface area contributed by atoms with E-state index >= 15 is 0 Å². The van der Waals surface area contributed by atoms with Crippen LogP contribution in [0.25, 0.3) is 0 Å². The summed E-state index contributed by atoms with van der Waals surface area (Å²) in [6, 6.07) is 0. The van der Waals surface area contributed by atoms with Gasteiger partial charge in [0, 0.05) is 0 Å². The highest BCUT2D eigenvalue weighted by molar-refractivity contribution is 8.39. The van der Waals surface area contributed by atoms with Gasteiger partial charge >= 0.3 is 7.23 Å². The van der Waals surface area contributed by atoms with Crippen LogP contribution in [-0.2, 0) is 9.09 Å². The van der Waals surface area contributed by atoms with Crippen LogP contribution in [0, 0.1) is 0 Å². The van der Waals surface area contributed by atoms with Gasteiger partial charge in [0.25, 0.3) is 0 Å². The molecule has 1 unspecified atom stereocenters. The van der Waals surface area contributed by atoms with Crippen molar-refractivity contribution >= 4 is 19.5 Å². The van der Waals surface area contributed by atoms with E-state index in [4.69, 9.17) is 5.11 Å². The van der Waals surface area contributed by atoms with E-state index in [2.05, 4.69) is 16.8 Å². The fourth-order valence-electron chi connectivity index (χ4n) is 0.119. The summed E-state index contributed by atoms with van der Waals surface area (Å²) >= 11 is 3.41. The maximum Gasteiger partial charge on any atom is 0.582 e. The Morgan fingerprint density at radius 3 is 2.57 bits per heavy atom. The van der Waals surface area contributed by atoms with Gasteiger partial charge in [-0.2, -0.15) is 0 Å². The number of aliphatic hydroxyl groups is 1. The minimum Gasteiger partial charge on any atom is -0.394 e. The third kappa shape index (κ3) is 6.37. The average molecular weight is 141 g/mol. The molecule has 0 aromatic heterocycles. The quantitative estimate of drug-likeness (QED) is 0.446. The Balaban J connectivity index is 2.82. The Labute approximate surface area is 47.7 Å². The molecule has 5 heteroatoms. The lowest BCUT2D eigenvalue weighted by Crippen LogP contribution is -1.89. The molecule has 0 saturated carbocycles. The van der Waals surface area contributed by atoms with Crippen molar-refractivity contribution < 1.29 is 14.2 Å². The number of hydrogen-bond donors (Lipinski definition) is 2. The van der Waals surface area contributed by atoms with E-state index in [-0.39, 0.29) is 13.2 Å². The lowest BCUT2D eigenvalue weighted by molar-refractivity contribution is 0.211. The molecule has 0 fully saturated rings. The number of rotatable bonds is 3. The molecule has 1 N–H and O–H groups in total. The van der Waals surface area contributed by atoms with E-state index in [9.17, 15) is 4.57 Å². The molecule has 0 bridgehead atoms. The SMILES string of the molecule is O=[P+](S)OCCO. The Morgan fingerprint density at radius 1 is 1.86 bits per heavy atom. The Hall–Kier alpha value is 0.370. The third-order valence-corrected chi connectivity index (χ3v) is 1.04. The molecule has 0 aromatic carbocycles. The number of thiol groups is 1. The Morgan fingerprint density at radius 2 is 2.43 bits per heavy atom. The Kier molecular flexibility index (Phi) is 4.77. The molecule has 0 saturated heterocycles. The molecule has 3 nitrogen and oxygen atoms in total. The molecule has 0 spiro atoms. The molecule has 0 aliphatic carbocycles. The van der Waals surface area contributed by atoms with Crippen LogP contribution in [0.15, 0.2) is 0 Å². The second-order valence-electron chi connectivity index (χ2n) is 0.795. The van der Waals surface area contributed by atoms with Crippen molar-refractivity contribution in [3.63, 3.8) is 0 Å². The van der Waals surface area contributed by atoms with Crippen LogP contribution >= 0.6 is 19.5 Å². The highest BCUT2D eigenvalue weighted by Gasteiger charge is 2.06. The van der Waals surface area contributed by atoms with Crippen molar-refractivity contribution in [3.05, 3.63) is 0 Å². The van der Waals surface area contributed by atoms with E-state index in [0.717, 1.165) is 0 Å². The van der Waals surface area contributed by atoms with Gasteiger partial charge in [-0.15, -0.1) is 4.52 Å². The van der Waals surface area contributed by atoms with Gasteiger partial charge in [-0.3, -0.25) is 0 Å². The second kappa shape index (κ2) is 4.53. The summed E-state index contributed by atoms with van der Waals surface area (Å²) < 4.78 is 14.2. The fraction of sp³-hybridized carbons (Fsp3) is 1.00. The third-order valence-electron chi connectivity index (χ3n) is 0.293. The zero-order valence-corrected chi connectivity index (χ0v) is 5.36. The molecule has 0 aromatic rings. The summed E-state index contributed by atoms with van der Waals surface area (Å²) in [5, 5.41) is 8.03. The highest BCUT2D eigenvalue weighted by Crippen LogP contribution is 2.25. The van der Waals surface area contributed by atoms with Gasteiger partial charge in [-0.1, -0.05) is 0 Å². The van der Waals surface area contributed by atoms with Crippen molar-refractivity contribution in [2.75, 3.05) is 13.2 Å². The first kappa shape index (κ1) is 7.37. The molecule has 0 radical (unpaired) electrons. The van der Waals surface area contributed by atoms with Gasteiger partial charge in [0.1, 0.15) is 18.9 Å². The normalized spacial score (nSPS) is 11.4. The first-order valence-corrected chi connectivity index (χ1v) is 4.00. The van der Waals surface area contributed by atoms with E-state index in [1.807, 2.05) is 0 Å². The zero-order valence-electron chi connectivity index (χ0n) is 3.57. The second-order valence-corrected chi connectivity index (χ2v) is 2.51. The molecular formula is C2H6O3PS+. The van der Waals surface area contributed by atoms with Crippen molar-refractivity contribution in [2.24, 2.45) is 0 Å². The molecule has 7 heavy (non-hydrogen) atoms. The van der Waals surface area contributed by atoms with Gasteiger partial charge in [-0.05, 0) is 4.57 Å². The predicted molar refractivity (Wildman–Crippen MR) is 29.6 cm³/mol. The monoisotopic (exact) mass is 141 g/mol. The van der Waals surface area contributed by atoms with Crippen LogP contribution in [0.4, 0.5) is 0 Å². The standard InChI is InChI=1S/C2H5O3PS/c3-1-2-5-6(4)7/h3H,1-2H2/p+1. The maximum absolute atomic E-state index is 9.88.